The first-order valence-corrected chi connectivity index (χ1v) is 4.68. The van der Waals surface area contributed by atoms with Crippen LogP contribution in [0.3, 0.4) is 0 Å². The van der Waals surface area contributed by atoms with Crippen LogP contribution in [-0.4, -0.2) is 29.9 Å². The summed E-state index contributed by atoms with van der Waals surface area (Å²) in [4.78, 5) is 2.42. The van der Waals surface area contributed by atoms with Gasteiger partial charge >= 0.3 is 0 Å². The summed E-state index contributed by atoms with van der Waals surface area (Å²) in [7, 11) is 0. The van der Waals surface area contributed by atoms with E-state index in [2.05, 4.69) is 18.7 Å². The number of nitrogens with two attached hydrogens (primary N) is 1. The molecule has 1 fully saturated rings. The number of hydrogen-bond acceptors (Lipinski definition) is 2. The van der Waals surface area contributed by atoms with Crippen molar-refractivity contribution in [2.24, 2.45) is 11.7 Å². The molecule has 2 atom stereocenters. The molecule has 0 aliphatic carbocycles. The average Bonchev–Trinajstić information content (AvgIpc) is 2.30. The quantitative estimate of drug-likeness (QED) is 0.490. The van der Waals surface area contributed by atoms with Gasteiger partial charge in [-0.1, -0.05) is 6.92 Å². The minimum absolute atomic E-state index is 0.307. The fourth-order valence-corrected chi connectivity index (χ4v) is 1.75. The van der Waals surface area contributed by atoms with Crippen LogP contribution in [0.4, 0.5) is 0 Å². The first-order valence-electron chi connectivity index (χ1n) is 4.68. The van der Waals surface area contributed by atoms with Crippen molar-refractivity contribution in [3.8, 4) is 0 Å². The molecule has 0 radical (unpaired) electrons. The molecule has 1 rings (SSSR count). The fraction of sp³-hybridized carbons (Fsp3) is 0.889. The standard InChI is InChI=1S/C9H19N3/c1-7-3-5-12(8(7)2)6-4-9(10)11/h7-8H,3-6H2,1-2H3,(H3,10,11). The molecule has 1 heterocycles. The van der Waals surface area contributed by atoms with E-state index in [9.17, 15) is 0 Å². The van der Waals surface area contributed by atoms with Crippen molar-refractivity contribution < 1.29 is 0 Å². The Kier molecular flexibility index (Phi) is 3.09. The van der Waals surface area contributed by atoms with Crippen LogP contribution < -0.4 is 5.73 Å². The topological polar surface area (TPSA) is 53.1 Å². The van der Waals surface area contributed by atoms with Gasteiger partial charge in [-0.05, 0) is 25.8 Å². The maximum atomic E-state index is 7.13. The van der Waals surface area contributed by atoms with Gasteiger partial charge < -0.3 is 5.73 Å². The van der Waals surface area contributed by atoms with Crippen LogP contribution in [0.1, 0.15) is 26.7 Å². The Morgan fingerprint density at radius 1 is 1.58 bits per heavy atom. The first-order chi connectivity index (χ1) is 5.61. The third kappa shape index (κ3) is 2.21. The Hall–Kier alpha value is -0.570. The van der Waals surface area contributed by atoms with Crippen molar-refractivity contribution in [2.45, 2.75) is 32.7 Å². The maximum Gasteiger partial charge on any atom is 0.0918 e. The smallest absolute Gasteiger partial charge is 0.0918 e. The fourth-order valence-electron chi connectivity index (χ4n) is 1.75. The number of amidine groups is 1. The van der Waals surface area contributed by atoms with Crippen LogP contribution in [0.2, 0.25) is 0 Å². The molecule has 1 aliphatic heterocycles. The Morgan fingerprint density at radius 2 is 2.25 bits per heavy atom. The Morgan fingerprint density at radius 3 is 2.67 bits per heavy atom. The predicted molar refractivity (Wildman–Crippen MR) is 51.3 cm³/mol. The van der Waals surface area contributed by atoms with Gasteiger partial charge in [0.05, 0.1) is 5.84 Å². The number of rotatable bonds is 3. The Balaban J connectivity index is 2.29. The predicted octanol–water partition coefficient (Wildman–Crippen LogP) is 1.04. The third-order valence-corrected chi connectivity index (χ3v) is 2.94. The zero-order valence-corrected chi connectivity index (χ0v) is 8.01. The van der Waals surface area contributed by atoms with Gasteiger partial charge in [0.2, 0.25) is 0 Å². The molecule has 0 aromatic heterocycles. The molecule has 3 heteroatoms. The molecule has 0 saturated carbocycles. The van der Waals surface area contributed by atoms with Gasteiger partial charge in [0.1, 0.15) is 0 Å². The van der Waals surface area contributed by atoms with Crippen molar-refractivity contribution in [3.63, 3.8) is 0 Å². The van der Waals surface area contributed by atoms with Crippen LogP contribution in [-0.2, 0) is 0 Å². The zero-order valence-electron chi connectivity index (χ0n) is 8.01. The van der Waals surface area contributed by atoms with Crippen LogP contribution in [0, 0.1) is 11.3 Å². The molecule has 3 N–H and O–H groups in total. The lowest BCUT2D eigenvalue weighted by Gasteiger charge is -2.22. The average molecular weight is 169 g/mol. The van der Waals surface area contributed by atoms with Gasteiger partial charge in [-0.2, -0.15) is 0 Å². The summed E-state index contributed by atoms with van der Waals surface area (Å²) in [6.45, 7) is 6.69. The second-order valence-corrected chi connectivity index (χ2v) is 3.82. The normalized spacial score (nSPS) is 30.8. The highest BCUT2D eigenvalue weighted by Crippen LogP contribution is 2.22. The largest absolute Gasteiger partial charge is 0.388 e. The van der Waals surface area contributed by atoms with E-state index in [1.807, 2.05) is 0 Å². The monoisotopic (exact) mass is 169 g/mol. The lowest BCUT2D eigenvalue weighted by atomic mass is 10.1. The summed E-state index contributed by atoms with van der Waals surface area (Å²) in [6, 6.07) is 0.671. The van der Waals surface area contributed by atoms with Crippen molar-refractivity contribution in [1.82, 2.24) is 4.90 Å². The van der Waals surface area contributed by atoms with E-state index in [0.717, 1.165) is 18.9 Å². The minimum Gasteiger partial charge on any atom is -0.388 e. The highest BCUT2D eigenvalue weighted by Gasteiger charge is 2.26. The molecular formula is C9H19N3. The van der Waals surface area contributed by atoms with E-state index < -0.39 is 0 Å². The minimum atomic E-state index is 0.307. The van der Waals surface area contributed by atoms with E-state index in [4.69, 9.17) is 11.1 Å². The van der Waals surface area contributed by atoms with Crippen LogP contribution in [0.25, 0.3) is 0 Å². The van der Waals surface area contributed by atoms with E-state index in [-0.39, 0.29) is 0 Å². The molecule has 0 bridgehead atoms. The van der Waals surface area contributed by atoms with Gasteiger partial charge in [-0.25, -0.2) is 0 Å². The lowest BCUT2D eigenvalue weighted by Crippen LogP contribution is -2.32. The van der Waals surface area contributed by atoms with Crippen molar-refractivity contribution in [2.75, 3.05) is 13.1 Å². The summed E-state index contributed by atoms with van der Waals surface area (Å²) < 4.78 is 0. The van der Waals surface area contributed by atoms with Gasteiger partial charge in [-0.3, -0.25) is 10.3 Å². The summed E-state index contributed by atoms with van der Waals surface area (Å²) >= 11 is 0. The number of nitrogens with zero attached hydrogens (tertiary/aromatic N) is 1. The van der Waals surface area contributed by atoms with Crippen molar-refractivity contribution in [3.05, 3.63) is 0 Å². The zero-order chi connectivity index (χ0) is 9.14. The Labute approximate surface area is 74.4 Å². The molecule has 0 amide bonds. The summed E-state index contributed by atoms with van der Waals surface area (Å²) in [5.41, 5.74) is 5.31. The highest BCUT2D eigenvalue weighted by molar-refractivity contribution is 5.76. The first kappa shape index (κ1) is 9.52. The van der Waals surface area contributed by atoms with E-state index >= 15 is 0 Å². The number of hydrogen-bond donors (Lipinski definition) is 2. The van der Waals surface area contributed by atoms with Crippen molar-refractivity contribution >= 4 is 5.84 Å². The van der Waals surface area contributed by atoms with Crippen molar-refractivity contribution in [1.29, 1.82) is 5.41 Å². The van der Waals surface area contributed by atoms with Crippen LogP contribution in [0.15, 0.2) is 0 Å². The number of nitrogens with one attached hydrogen (secondary N) is 1. The molecule has 12 heavy (non-hydrogen) atoms. The van der Waals surface area contributed by atoms with Gasteiger partial charge in [0.25, 0.3) is 0 Å². The van der Waals surface area contributed by atoms with Crippen LogP contribution in [0.5, 0.6) is 0 Å². The van der Waals surface area contributed by atoms with E-state index in [1.165, 1.54) is 13.0 Å². The highest BCUT2D eigenvalue weighted by atomic mass is 15.2. The molecule has 0 spiro atoms. The molecule has 70 valence electrons. The summed E-state index contributed by atoms with van der Waals surface area (Å²) in [5.74, 6) is 1.11. The second kappa shape index (κ2) is 3.90. The van der Waals surface area contributed by atoms with Gasteiger partial charge in [-0.15, -0.1) is 0 Å². The summed E-state index contributed by atoms with van der Waals surface area (Å²) in [6.07, 6.45) is 2.01. The number of likely N-dealkylation sites (tertiary alicyclic amines) is 1. The van der Waals surface area contributed by atoms with Crippen LogP contribution >= 0.6 is 0 Å². The molecule has 3 nitrogen and oxygen atoms in total. The molecule has 1 saturated heterocycles. The summed E-state index contributed by atoms with van der Waals surface area (Å²) in [5, 5.41) is 7.13. The van der Waals surface area contributed by atoms with E-state index in [0.29, 0.717) is 11.9 Å². The lowest BCUT2D eigenvalue weighted by molar-refractivity contribution is 0.254. The molecule has 0 aromatic rings. The SMILES string of the molecule is CC1CCN(CCC(=N)N)C1C. The Bertz CT molecular complexity index is 167. The second-order valence-electron chi connectivity index (χ2n) is 3.82. The van der Waals surface area contributed by atoms with E-state index in [1.54, 1.807) is 0 Å². The molecule has 2 unspecified atom stereocenters. The molecule has 1 aliphatic rings. The maximum absolute atomic E-state index is 7.13. The molecule has 0 aromatic carbocycles. The van der Waals surface area contributed by atoms with Gasteiger partial charge in [0, 0.05) is 19.0 Å². The third-order valence-electron chi connectivity index (χ3n) is 2.94. The molecular weight excluding hydrogens is 150 g/mol. The van der Waals surface area contributed by atoms with Gasteiger partial charge in [0.15, 0.2) is 0 Å².